The first kappa shape index (κ1) is 24.0. The van der Waals surface area contributed by atoms with Crippen LogP contribution in [0.4, 0.5) is 19.1 Å². The summed E-state index contributed by atoms with van der Waals surface area (Å²) >= 11 is 0. The topological polar surface area (TPSA) is 108 Å². The number of aromatic nitrogens is 1. The fourth-order valence-corrected chi connectivity index (χ4v) is 4.64. The third-order valence-corrected chi connectivity index (χ3v) is 8.18. The molecule has 3 rings (SSSR count). The van der Waals surface area contributed by atoms with E-state index in [1.807, 2.05) is 0 Å². The van der Waals surface area contributed by atoms with Crippen LogP contribution < -0.4 is 5.32 Å². The second kappa shape index (κ2) is 8.70. The molecule has 2 aliphatic rings. The van der Waals surface area contributed by atoms with Crippen molar-refractivity contribution in [3.8, 4) is 0 Å². The summed E-state index contributed by atoms with van der Waals surface area (Å²) in [5.41, 5.74) is -0.170. The van der Waals surface area contributed by atoms with Gasteiger partial charge in [0.05, 0.1) is 5.75 Å². The van der Waals surface area contributed by atoms with Crippen molar-refractivity contribution >= 4 is 21.6 Å². The zero-order chi connectivity index (χ0) is 22.9. The SMILES string of the molecule is CC(C)(C(=O)Nc1cc(C2(OC3CCCCO3)CC2)no1)S(=O)(=O)CCCC(F)(F)F. The van der Waals surface area contributed by atoms with Crippen LogP contribution in [0.3, 0.4) is 0 Å². The van der Waals surface area contributed by atoms with Crippen molar-refractivity contribution in [3.05, 3.63) is 11.8 Å². The zero-order valence-corrected chi connectivity index (χ0v) is 18.3. The van der Waals surface area contributed by atoms with Crippen LogP contribution in [0.2, 0.25) is 0 Å². The average Bonchev–Trinajstić information content (AvgIpc) is 3.29. The molecule has 1 N–H and O–H groups in total. The summed E-state index contributed by atoms with van der Waals surface area (Å²) in [5.74, 6) is -1.73. The van der Waals surface area contributed by atoms with Crippen molar-refractivity contribution < 1.29 is 40.4 Å². The van der Waals surface area contributed by atoms with E-state index in [1.165, 1.54) is 6.07 Å². The van der Waals surface area contributed by atoms with Gasteiger partial charge < -0.3 is 14.0 Å². The smallest absolute Gasteiger partial charge is 0.353 e. The van der Waals surface area contributed by atoms with Gasteiger partial charge in [0.1, 0.15) is 16.0 Å². The molecule has 1 saturated carbocycles. The molecule has 1 unspecified atom stereocenters. The highest BCUT2D eigenvalue weighted by Gasteiger charge is 2.51. The summed E-state index contributed by atoms with van der Waals surface area (Å²) in [5, 5.41) is 6.31. The molecule has 1 aromatic heterocycles. The Morgan fingerprint density at radius 3 is 2.61 bits per heavy atom. The van der Waals surface area contributed by atoms with Crippen LogP contribution >= 0.6 is 0 Å². The van der Waals surface area contributed by atoms with E-state index < -0.39 is 50.9 Å². The minimum atomic E-state index is -4.46. The van der Waals surface area contributed by atoms with Gasteiger partial charge in [0, 0.05) is 19.1 Å². The van der Waals surface area contributed by atoms with E-state index in [9.17, 15) is 26.4 Å². The van der Waals surface area contributed by atoms with Crippen molar-refractivity contribution in [2.45, 2.75) is 81.6 Å². The Kier molecular flexibility index (Phi) is 6.73. The van der Waals surface area contributed by atoms with Gasteiger partial charge in [-0.1, -0.05) is 5.16 Å². The highest BCUT2D eigenvalue weighted by molar-refractivity contribution is 7.93. The number of anilines is 1. The lowest BCUT2D eigenvalue weighted by atomic mass is 10.2. The number of ether oxygens (including phenoxy) is 2. The van der Waals surface area contributed by atoms with Gasteiger partial charge in [-0.05, 0) is 52.4 Å². The number of amides is 1. The number of alkyl halides is 3. The molecule has 0 aromatic carbocycles. The fraction of sp³-hybridized carbons (Fsp3) is 0.789. The lowest BCUT2D eigenvalue weighted by Crippen LogP contribution is -2.45. The van der Waals surface area contributed by atoms with E-state index in [2.05, 4.69) is 10.5 Å². The Hall–Kier alpha value is -1.66. The van der Waals surface area contributed by atoms with Crippen LogP contribution in [0, 0.1) is 0 Å². The third-order valence-electron chi connectivity index (χ3n) is 5.61. The van der Waals surface area contributed by atoms with Crippen LogP contribution in [-0.2, 0) is 29.7 Å². The molecule has 1 atom stereocenters. The van der Waals surface area contributed by atoms with Gasteiger partial charge >= 0.3 is 6.18 Å². The lowest BCUT2D eigenvalue weighted by molar-refractivity contribution is -0.201. The van der Waals surface area contributed by atoms with Crippen LogP contribution in [0.1, 0.15) is 64.5 Å². The summed E-state index contributed by atoms with van der Waals surface area (Å²) in [6, 6.07) is 1.47. The molecule has 1 aliphatic heterocycles. The highest BCUT2D eigenvalue weighted by Crippen LogP contribution is 2.50. The van der Waals surface area contributed by atoms with Crippen molar-refractivity contribution in [1.29, 1.82) is 0 Å². The molecule has 1 aliphatic carbocycles. The van der Waals surface area contributed by atoms with E-state index in [-0.39, 0.29) is 12.2 Å². The van der Waals surface area contributed by atoms with Crippen molar-refractivity contribution in [3.63, 3.8) is 0 Å². The number of carbonyl (C=O) groups is 1. The number of sulfone groups is 1. The first-order chi connectivity index (χ1) is 14.3. The van der Waals surface area contributed by atoms with Gasteiger partial charge in [-0.25, -0.2) is 8.42 Å². The highest BCUT2D eigenvalue weighted by atomic mass is 32.2. The number of rotatable bonds is 9. The van der Waals surface area contributed by atoms with E-state index >= 15 is 0 Å². The predicted molar refractivity (Wildman–Crippen MR) is 104 cm³/mol. The largest absolute Gasteiger partial charge is 0.389 e. The van der Waals surface area contributed by atoms with E-state index in [0.29, 0.717) is 25.1 Å². The van der Waals surface area contributed by atoms with Crippen molar-refractivity contribution in [1.82, 2.24) is 5.16 Å². The molecular weight excluding hydrogens is 441 g/mol. The van der Waals surface area contributed by atoms with Gasteiger partial charge in [-0.3, -0.25) is 10.1 Å². The van der Waals surface area contributed by atoms with E-state index in [1.54, 1.807) is 0 Å². The number of halogens is 3. The summed E-state index contributed by atoms with van der Waals surface area (Å²) in [7, 11) is -4.15. The van der Waals surface area contributed by atoms with E-state index in [4.69, 9.17) is 14.0 Å². The van der Waals surface area contributed by atoms with Gasteiger partial charge in [-0.15, -0.1) is 0 Å². The summed E-state index contributed by atoms with van der Waals surface area (Å²) in [6.07, 6.45) is -2.43. The molecule has 2 heterocycles. The number of hydrogen-bond acceptors (Lipinski definition) is 7. The fourth-order valence-electron chi connectivity index (χ4n) is 3.27. The van der Waals surface area contributed by atoms with Crippen molar-refractivity contribution in [2.75, 3.05) is 17.7 Å². The van der Waals surface area contributed by atoms with Gasteiger partial charge in [0.15, 0.2) is 16.1 Å². The molecule has 176 valence electrons. The second-order valence-electron chi connectivity index (χ2n) is 8.49. The third kappa shape index (κ3) is 5.78. The quantitative estimate of drug-likeness (QED) is 0.589. The molecule has 1 amide bonds. The standard InChI is InChI=1S/C19H27F3N2O6S/c1-17(2,31(26,27)11-5-7-19(20,21)22)16(25)23-14-12-13(24-30-14)18(8-9-18)29-15-6-3-4-10-28-15/h12,15H,3-11H2,1-2H3,(H,23,25). The molecule has 0 spiro atoms. The maximum atomic E-state index is 12.6. The maximum Gasteiger partial charge on any atom is 0.389 e. The van der Waals surface area contributed by atoms with Gasteiger partial charge in [0.2, 0.25) is 11.8 Å². The first-order valence-electron chi connectivity index (χ1n) is 10.2. The molecule has 12 heteroatoms. The van der Waals surface area contributed by atoms with Gasteiger partial charge in [-0.2, -0.15) is 13.2 Å². The van der Waals surface area contributed by atoms with Crippen LogP contribution in [-0.4, -0.2) is 49.1 Å². The molecule has 1 aromatic rings. The summed E-state index contributed by atoms with van der Waals surface area (Å²) in [6.45, 7) is 2.93. The average molecular weight is 468 g/mol. The number of nitrogens with zero attached hydrogens (tertiary/aromatic N) is 1. The molecular formula is C19H27F3N2O6S. The van der Waals surface area contributed by atoms with Crippen LogP contribution in [0.5, 0.6) is 0 Å². The Balaban J connectivity index is 1.60. The number of hydrogen-bond donors (Lipinski definition) is 1. The van der Waals surface area contributed by atoms with Crippen LogP contribution in [0.25, 0.3) is 0 Å². The Morgan fingerprint density at radius 1 is 1.32 bits per heavy atom. The number of nitrogens with one attached hydrogen (secondary N) is 1. The minimum absolute atomic E-state index is 0.0574. The zero-order valence-electron chi connectivity index (χ0n) is 17.5. The lowest BCUT2D eigenvalue weighted by Gasteiger charge is -2.26. The van der Waals surface area contributed by atoms with Gasteiger partial charge in [0.25, 0.3) is 0 Å². The monoisotopic (exact) mass is 468 g/mol. The molecule has 1 saturated heterocycles. The Bertz CT molecular complexity index is 887. The molecule has 0 radical (unpaired) electrons. The molecule has 2 fully saturated rings. The van der Waals surface area contributed by atoms with E-state index in [0.717, 1.165) is 33.1 Å². The summed E-state index contributed by atoms with van der Waals surface area (Å²) < 4.78 is 76.7. The molecule has 8 nitrogen and oxygen atoms in total. The Morgan fingerprint density at radius 2 is 2.03 bits per heavy atom. The molecule has 31 heavy (non-hydrogen) atoms. The van der Waals surface area contributed by atoms with Crippen molar-refractivity contribution in [2.24, 2.45) is 0 Å². The predicted octanol–water partition coefficient (Wildman–Crippen LogP) is 3.68. The minimum Gasteiger partial charge on any atom is -0.353 e. The second-order valence-corrected chi connectivity index (χ2v) is 11.1. The first-order valence-corrected chi connectivity index (χ1v) is 11.9. The number of carbonyl (C=O) groups excluding carboxylic acids is 1. The summed E-state index contributed by atoms with van der Waals surface area (Å²) in [4.78, 5) is 12.6. The Labute approximate surface area is 178 Å². The molecule has 0 bridgehead atoms. The maximum absolute atomic E-state index is 12.6. The normalized spacial score (nSPS) is 21.6. The van der Waals surface area contributed by atoms with Crippen LogP contribution in [0.15, 0.2) is 10.6 Å².